The number of likely N-dealkylation sites (N-methyl/N-ethyl adjacent to an activating group) is 1. The van der Waals surface area contributed by atoms with E-state index in [0.29, 0.717) is 12.3 Å². The average Bonchev–Trinajstić information content (AvgIpc) is 3.19. The minimum absolute atomic E-state index is 0.0167. The predicted octanol–water partition coefficient (Wildman–Crippen LogP) is 2.26. The van der Waals surface area contributed by atoms with Gasteiger partial charge in [-0.1, -0.05) is 12.1 Å². The van der Waals surface area contributed by atoms with E-state index >= 15 is 0 Å². The Labute approximate surface area is 183 Å². The zero-order valence-electron chi connectivity index (χ0n) is 18.3. The monoisotopic (exact) mass is 425 g/mol. The Balaban J connectivity index is 1.38. The van der Waals surface area contributed by atoms with Crippen LogP contribution in [0.2, 0.25) is 0 Å². The highest BCUT2D eigenvalue weighted by Gasteiger charge is 2.25. The number of hydrogen-bond acceptors (Lipinski definition) is 6. The van der Waals surface area contributed by atoms with Crippen LogP contribution in [0.25, 0.3) is 0 Å². The van der Waals surface area contributed by atoms with Crippen molar-refractivity contribution in [3.05, 3.63) is 53.6 Å². The van der Waals surface area contributed by atoms with Gasteiger partial charge < -0.3 is 24.4 Å². The normalized spacial score (nSPS) is 17.2. The molecular weight excluding hydrogens is 394 g/mol. The molecule has 1 amide bonds. The van der Waals surface area contributed by atoms with E-state index < -0.39 is 0 Å². The van der Waals surface area contributed by atoms with Gasteiger partial charge in [0.1, 0.15) is 11.5 Å². The van der Waals surface area contributed by atoms with Crippen LogP contribution >= 0.6 is 0 Å². The maximum atomic E-state index is 12.5. The Hall–Kier alpha value is -2.77. The third-order valence-corrected chi connectivity index (χ3v) is 6.02. The van der Waals surface area contributed by atoms with Gasteiger partial charge in [-0.15, -0.1) is 0 Å². The second-order valence-corrected chi connectivity index (χ2v) is 7.99. The van der Waals surface area contributed by atoms with Gasteiger partial charge in [-0.3, -0.25) is 9.69 Å². The van der Waals surface area contributed by atoms with Crippen LogP contribution < -0.4 is 19.7 Å². The summed E-state index contributed by atoms with van der Waals surface area (Å²) in [6, 6.07) is 14.0. The summed E-state index contributed by atoms with van der Waals surface area (Å²) in [4.78, 5) is 17.2. The van der Waals surface area contributed by atoms with E-state index in [1.54, 1.807) is 19.2 Å². The summed E-state index contributed by atoms with van der Waals surface area (Å²) in [7, 11) is 3.75. The molecular formula is C24H31N3O4. The molecule has 0 radical (unpaired) electrons. The number of morpholine rings is 1. The van der Waals surface area contributed by atoms with Crippen LogP contribution in [-0.2, 0) is 16.0 Å². The molecule has 1 N–H and O–H groups in total. The van der Waals surface area contributed by atoms with Crippen molar-refractivity contribution in [1.82, 2.24) is 10.2 Å². The molecule has 7 nitrogen and oxygen atoms in total. The van der Waals surface area contributed by atoms with E-state index in [1.165, 1.54) is 16.8 Å². The number of nitrogens with zero attached hydrogens (tertiary/aromatic N) is 2. The minimum atomic E-state index is -0.130. The van der Waals surface area contributed by atoms with Gasteiger partial charge in [0, 0.05) is 38.9 Å². The third kappa shape index (κ3) is 5.29. The topological polar surface area (TPSA) is 63.3 Å². The number of fused-ring (bicyclic) bond motifs is 1. The van der Waals surface area contributed by atoms with Crippen LogP contribution in [0.3, 0.4) is 0 Å². The van der Waals surface area contributed by atoms with Crippen molar-refractivity contribution < 1.29 is 19.0 Å². The molecule has 2 aromatic rings. The summed E-state index contributed by atoms with van der Waals surface area (Å²) in [5.74, 6) is 1.27. The molecule has 0 unspecified atom stereocenters. The van der Waals surface area contributed by atoms with Crippen molar-refractivity contribution in [3.63, 3.8) is 0 Å². The predicted molar refractivity (Wildman–Crippen MR) is 120 cm³/mol. The van der Waals surface area contributed by atoms with Gasteiger partial charge in [0.25, 0.3) is 5.91 Å². The highest BCUT2D eigenvalue weighted by Crippen LogP contribution is 2.31. The van der Waals surface area contributed by atoms with E-state index in [2.05, 4.69) is 40.4 Å². The number of carbonyl (C=O) groups excluding carboxylic acids is 1. The molecule has 0 bridgehead atoms. The quantitative estimate of drug-likeness (QED) is 0.700. The van der Waals surface area contributed by atoms with Crippen molar-refractivity contribution in [2.45, 2.75) is 12.5 Å². The van der Waals surface area contributed by atoms with E-state index in [0.717, 1.165) is 45.0 Å². The standard InChI is InChI=1S/C24H31N3O4/c1-26-10-9-19-15-18(3-8-22(19)26)23(27-11-13-30-14-12-27)16-25-24(28)17-31-21-6-4-20(29-2)5-7-21/h3-8,15,23H,9-14,16-17H2,1-2H3,(H,25,28)/t23-/m0/s1. The summed E-state index contributed by atoms with van der Waals surface area (Å²) in [6.07, 6.45) is 1.07. The molecule has 7 heteroatoms. The lowest BCUT2D eigenvalue weighted by atomic mass is 10.0. The summed E-state index contributed by atoms with van der Waals surface area (Å²) in [5, 5.41) is 3.07. The number of anilines is 1. The van der Waals surface area contributed by atoms with Crippen molar-refractivity contribution in [2.75, 3.05) is 65.1 Å². The fraction of sp³-hybridized carbons (Fsp3) is 0.458. The van der Waals surface area contributed by atoms with Crippen LogP contribution in [0.4, 0.5) is 5.69 Å². The van der Waals surface area contributed by atoms with Gasteiger partial charge >= 0.3 is 0 Å². The Kier molecular flexibility index (Phi) is 6.94. The first-order valence-electron chi connectivity index (χ1n) is 10.8. The first kappa shape index (κ1) is 21.5. The number of ether oxygens (including phenoxy) is 3. The van der Waals surface area contributed by atoms with E-state index in [1.807, 2.05) is 12.1 Å². The number of hydrogen-bond donors (Lipinski definition) is 1. The number of amides is 1. The van der Waals surface area contributed by atoms with E-state index in [9.17, 15) is 4.79 Å². The molecule has 1 fully saturated rings. The molecule has 0 aromatic heterocycles. The molecule has 1 atom stereocenters. The Morgan fingerprint density at radius 2 is 1.84 bits per heavy atom. The SMILES string of the molecule is COc1ccc(OCC(=O)NC[C@@H](c2ccc3c(c2)CCN3C)N2CCOCC2)cc1. The van der Waals surface area contributed by atoms with Crippen molar-refractivity contribution in [1.29, 1.82) is 0 Å². The zero-order valence-corrected chi connectivity index (χ0v) is 18.3. The van der Waals surface area contributed by atoms with Gasteiger partial charge in [-0.05, 0) is 47.9 Å². The van der Waals surface area contributed by atoms with Gasteiger partial charge in [-0.25, -0.2) is 0 Å². The number of nitrogens with one attached hydrogen (secondary N) is 1. The lowest BCUT2D eigenvalue weighted by molar-refractivity contribution is -0.123. The third-order valence-electron chi connectivity index (χ3n) is 6.02. The molecule has 31 heavy (non-hydrogen) atoms. The van der Waals surface area contributed by atoms with Gasteiger partial charge in [0.2, 0.25) is 0 Å². The molecule has 2 aromatic carbocycles. The molecule has 2 aliphatic rings. The first-order valence-corrected chi connectivity index (χ1v) is 10.8. The lowest BCUT2D eigenvalue weighted by Gasteiger charge is -2.35. The Morgan fingerprint density at radius 3 is 2.58 bits per heavy atom. The molecule has 2 aliphatic heterocycles. The number of carbonyl (C=O) groups is 1. The maximum Gasteiger partial charge on any atom is 0.258 e. The Bertz CT molecular complexity index is 881. The maximum absolute atomic E-state index is 12.5. The van der Waals surface area contributed by atoms with Crippen LogP contribution in [-0.4, -0.2) is 71.0 Å². The molecule has 0 saturated carbocycles. The Morgan fingerprint density at radius 1 is 1.10 bits per heavy atom. The summed E-state index contributed by atoms with van der Waals surface area (Å²) in [6.45, 7) is 4.74. The van der Waals surface area contributed by atoms with Crippen molar-refractivity contribution in [2.24, 2.45) is 0 Å². The van der Waals surface area contributed by atoms with E-state index in [4.69, 9.17) is 14.2 Å². The number of rotatable bonds is 8. The second kappa shape index (κ2) is 10.0. The van der Waals surface area contributed by atoms with E-state index in [-0.39, 0.29) is 18.6 Å². The number of methoxy groups -OCH3 is 1. The minimum Gasteiger partial charge on any atom is -0.497 e. The highest BCUT2D eigenvalue weighted by atomic mass is 16.5. The van der Waals surface area contributed by atoms with Gasteiger partial charge in [-0.2, -0.15) is 0 Å². The van der Waals surface area contributed by atoms with Crippen molar-refractivity contribution in [3.8, 4) is 11.5 Å². The molecule has 4 rings (SSSR count). The average molecular weight is 426 g/mol. The van der Waals surface area contributed by atoms with Crippen LogP contribution in [0.15, 0.2) is 42.5 Å². The van der Waals surface area contributed by atoms with Crippen LogP contribution in [0.5, 0.6) is 11.5 Å². The van der Waals surface area contributed by atoms with Gasteiger partial charge in [0.05, 0.1) is 26.4 Å². The lowest BCUT2D eigenvalue weighted by Crippen LogP contribution is -2.44. The first-order chi connectivity index (χ1) is 15.1. The van der Waals surface area contributed by atoms with Crippen LogP contribution in [0.1, 0.15) is 17.2 Å². The molecule has 0 spiro atoms. The zero-order chi connectivity index (χ0) is 21.6. The van der Waals surface area contributed by atoms with Crippen LogP contribution in [0, 0.1) is 0 Å². The summed E-state index contributed by atoms with van der Waals surface area (Å²) < 4.78 is 16.3. The van der Waals surface area contributed by atoms with Crippen molar-refractivity contribution >= 4 is 11.6 Å². The summed E-state index contributed by atoms with van der Waals surface area (Å²) >= 11 is 0. The molecule has 0 aliphatic carbocycles. The molecule has 1 saturated heterocycles. The molecule has 166 valence electrons. The number of benzene rings is 2. The molecule has 2 heterocycles. The smallest absolute Gasteiger partial charge is 0.258 e. The summed E-state index contributed by atoms with van der Waals surface area (Å²) in [5.41, 5.74) is 3.93. The van der Waals surface area contributed by atoms with Gasteiger partial charge in [0.15, 0.2) is 6.61 Å². The fourth-order valence-electron chi connectivity index (χ4n) is 4.22. The largest absolute Gasteiger partial charge is 0.497 e. The second-order valence-electron chi connectivity index (χ2n) is 7.99. The highest BCUT2D eigenvalue weighted by molar-refractivity contribution is 5.77. The fourth-order valence-corrected chi connectivity index (χ4v) is 4.22.